The number of nitrogens with zero attached hydrogens (tertiary/aromatic N) is 1. The third kappa shape index (κ3) is 5.64. The fourth-order valence-electron chi connectivity index (χ4n) is 4.68. The van der Waals surface area contributed by atoms with Gasteiger partial charge in [-0.05, 0) is 82.8 Å². The van der Waals surface area contributed by atoms with Crippen molar-refractivity contribution in [3.8, 4) is 5.75 Å². The molecule has 0 unspecified atom stereocenters. The second-order valence-corrected chi connectivity index (χ2v) is 9.88. The number of likely N-dealkylation sites (tertiary alicyclic amines) is 1. The number of rotatable bonds is 6. The first-order valence-electron chi connectivity index (χ1n) is 10.8. The van der Waals surface area contributed by atoms with Gasteiger partial charge in [0.1, 0.15) is 11.6 Å². The molecular weight excluding hydrogens is 387 g/mol. The van der Waals surface area contributed by atoms with E-state index in [1.807, 2.05) is 25.7 Å². The quantitative estimate of drug-likeness (QED) is 0.655. The second-order valence-electron chi connectivity index (χ2n) is 9.88. The molecule has 3 rings (SSSR count). The number of carboxylic acids is 1. The highest BCUT2D eigenvalue weighted by atomic mass is 19.1. The summed E-state index contributed by atoms with van der Waals surface area (Å²) in [4.78, 5) is 25.1. The molecule has 1 saturated heterocycles. The van der Waals surface area contributed by atoms with Crippen molar-refractivity contribution < 1.29 is 23.8 Å². The van der Waals surface area contributed by atoms with Crippen LogP contribution in [0, 0.1) is 17.2 Å². The summed E-state index contributed by atoms with van der Waals surface area (Å²) < 4.78 is 19.2. The first-order chi connectivity index (χ1) is 14.1. The zero-order valence-corrected chi connectivity index (χ0v) is 18.2. The van der Waals surface area contributed by atoms with Gasteiger partial charge in [0.15, 0.2) is 0 Å². The predicted octanol–water partition coefficient (Wildman–Crippen LogP) is 4.68. The van der Waals surface area contributed by atoms with Gasteiger partial charge in [-0.1, -0.05) is 0 Å². The lowest BCUT2D eigenvalue weighted by atomic mass is 9.56. The van der Waals surface area contributed by atoms with Gasteiger partial charge < -0.3 is 20.1 Å². The van der Waals surface area contributed by atoms with E-state index in [2.05, 4.69) is 5.32 Å². The van der Waals surface area contributed by atoms with Crippen LogP contribution in [0.3, 0.4) is 0 Å². The molecule has 1 aliphatic heterocycles. The number of benzene rings is 1. The van der Waals surface area contributed by atoms with Crippen molar-refractivity contribution >= 4 is 12.0 Å². The largest absolute Gasteiger partial charge is 0.493 e. The Balaban J connectivity index is 1.33. The fourth-order valence-corrected chi connectivity index (χ4v) is 4.68. The lowest BCUT2D eigenvalue weighted by molar-refractivity contribution is -0.00892. The topological polar surface area (TPSA) is 78.9 Å². The number of urea groups is 1. The molecule has 2 aliphatic rings. The van der Waals surface area contributed by atoms with E-state index in [0.29, 0.717) is 23.7 Å². The van der Waals surface area contributed by atoms with E-state index in [9.17, 15) is 14.0 Å². The van der Waals surface area contributed by atoms with E-state index in [4.69, 9.17) is 9.84 Å². The molecule has 166 valence electrons. The molecular formula is C23H33FN2O4. The third-order valence-electron chi connectivity index (χ3n) is 6.23. The molecule has 6 nitrogen and oxygen atoms in total. The number of nitrogens with one attached hydrogen (secondary N) is 1. The van der Waals surface area contributed by atoms with Crippen molar-refractivity contribution in [2.75, 3.05) is 19.7 Å². The molecule has 30 heavy (non-hydrogen) atoms. The van der Waals surface area contributed by atoms with Crippen LogP contribution in [0.2, 0.25) is 0 Å². The first kappa shape index (κ1) is 22.4. The number of hydrogen-bond donors (Lipinski definition) is 2. The maximum absolute atomic E-state index is 13.7. The number of hydrogen-bond acceptors (Lipinski definition) is 3. The maximum atomic E-state index is 13.7. The Morgan fingerprint density at radius 1 is 1.27 bits per heavy atom. The number of ether oxygens (including phenoxy) is 1. The summed E-state index contributed by atoms with van der Waals surface area (Å²) in [7, 11) is 0. The van der Waals surface area contributed by atoms with E-state index >= 15 is 0 Å². The summed E-state index contributed by atoms with van der Waals surface area (Å²) in [6, 6.07) is 3.90. The molecule has 0 bridgehead atoms. The molecule has 1 heterocycles. The molecule has 1 aliphatic carbocycles. The van der Waals surface area contributed by atoms with E-state index in [1.165, 1.54) is 25.0 Å². The van der Waals surface area contributed by atoms with E-state index in [-0.39, 0.29) is 17.1 Å². The van der Waals surface area contributed by atoms with Crippen LogP contribution in [0.15, 0.2) is 18.2 Å². The van der Waals surface area contributed by atoms with Gasteiger partial charge in [0.05, 0.1) is 12.2 Å². The number of halogens is 1. The summed E-state index contributed by atoms with van der Waals surface area (Å²) in [5.41, 5.74) is -0.149. The standard InChI is InChI=1S/C23H33FN2O4/c1-22(2,3)25-21(29)26-10-8-23(9-11-26)14-16(15-23)5-4-12-30-17-6-7-18(20(27)28)19(24)13-17/h6-7,13,16H,4-5,8-12,14-15H2,1-3H3,(H,25,29)(H,27,28). The van der Waals surface area contributed by atoms with Crippen molar-refractivity contribution in [1.29, 1.82) is 0 Å². The minimum atomic E-state index is -1.28. The smallest absolute Gasteiger partial charge is 0.338 e. The molecule has 1 spiro atoms. The van der Waals surface area contributed by atoms with Crippen LogP contribution in [0.25, 0.3) is 0 Å². The fraction of sp³-hybridized carbons (Fsp3) is 0.652. The Bertz CT molecular complexity index is 774. The number of aromatic carboxylic acids is 1. The SMILES string of the molecule is CC(C)(C)NC(=O)N1CCC2(CC1)CC(CCCOc1ccc(C(=O)O)c(F)c1)C2. The number of carbonyl (C=O) groups is 2. The highest BCUT2D eigenvalue weighted by molar-refractivity contribution is 5.88. The molecule has 1 aromatic carbocycles. The molecule has 0 radical (unpaired) electrons. The predicted molar refractivity (Wildman–Crippen MR) is 112 cm³/mol. The summed E-state index contributed by atoms with van der Waals surface area (Å²) in [5.74, 6) is -1.000. The maximum Gasteiger partial charge on any atom is 0.338 e. The second kappa shape index (κ2) is 8.82. The van der Waals surface area contributed by atoms with Gasteiger partial charge in [-0.2, -0.15) is 0 Å². The van der Waals surface area contributed by atoms with Crippen molar-refractivity contribution in [3.63, 3.8) is 0 Å². The average molecular weight is 421 g/mol. The summed E-state index contributed by atoms with van der Waals surface area (Å²) in [5, 5.41) is 11.9. The molecule has 7 heteroatoms. The van der Waals surface area contributed by atoms with Gasteiger partial charge in [0.2, 0.25) is 0 Å². The Morgan fingerprint density at radius 3 is 2.50 bits per heavy atom. The van der Waals surface area contributed by atoms with Crippen LogP contribution >= 0.6 is 0 Å². The van der Waals surface area contributed by atoms with Crippen LogP contribution in [-0.2, 0) is 0 Å². The van der Waals surface area contributed by atoms with E-state index in [0.717, 1.165) is 44.8 Å². The number of amides is 2. The van der Waals surface area contributed by atoms with Crippen molar-refractivity contribution in [2.45, 2.75) is 64.8 Å². The molecule has 0 atom stereocenters. The van der Waals surface area contributed by atoms with Crippen LogP contribution in [0.5, 0.6) is 5.75 Å². The Hall–Kier alpha value is -2.31. The zero-order valence-electron chi connectivity index (χ0n) is 18.2. The Labute approximate surface area is 177 Å². The molecule has 2 N–H and O–H groups in total. The minimum absolute atomic E-state index is 0.0400. The summed E-state index contributed by atoms with van der Waals surface area (Å²) in [6.07, 6.45) is 6.54. The average Bonchev–Trinajstić information content (AvgIpc) is 2.62. The molecule has 1 aromatic rings. The van der Waals surface area contributed by atoms with Crippen LogP contribution in [0.1, 0.15) is 69.7 Å². The van der Waals surface area contributed by atoms with Crippen LogP contribution in [-0.4, -0.2) is 47.2 Å². The minimum Gasteiger partial charge on any atom is -0.493 e. The van der Waals surface area contributed by atoms with Crippen molar-refractivity contribution in [1.82, 2.24) is 10.2 Å². The van der Waals surface area contributed by atoms with Crippen LogP contribution < -0.4 is 10.1 Å². The van der Waals surface area contributed by atoms with Crippen LogP contribution in [0.4, 0.5) is 9.18 Å². The Morgan fingerprint density at radius 2 is 1.93 bits per heavy atom. The summed E-state index contributed by atoms with van der Waals surface area (Å²) in [6.45, 7) is 8.15. The van der Waals surface area contributed by atoms with Crippen molar-refractivity contribution in [3.05, 3.63) is 29.6 Å². The van der Waals surface area contributed by atoms with E-state index < -0.39 is 11.8 Å². The number of piperidine rings is 1. The van der Waals surface area contributed by atoms with Gasteiger partial charge in [0, 0.05) is 24.7 Å². The normalized spacial score (nSPS) is 18.7. The molecule has 0 aromatic heterocycles. The zero-order chi connectivity index (χ0) is 21.9. The first-order valence-corrected chi connectivity index (χ1v) is 10.8. The molecule has 2 fully saturated rings. The third-order valence-corrected chi connectivity index (χ3v) is 6.23. The Kier molecular flexibility index (Phi) is 6.58. The van der Waals surface area contributed by atoms with Gasteiger partial charge in [-0.3, -0.25) is 0 Å². The lowest BCUT2D eigenvalue weighted by Gasteiger charge is -2.52. The molecule has 1 saturated carbocycles. The van der Waals surface area contributed by atoms with Gasteiger partial charge in [-0.15, -0.1) is 0 Å². The van der Waals surface area contributed by atoms with Gasteiger partial charge >= 0.3 is 12.0 Å². The highest BCUT2D eigenvalue weighted by Crippen LogP contribution is 2.53. The number of carboxylic acid groups (broad SMARTS) is 1. The van der Waals surface area contributed by atoms with Crippen molar-refractivity contribution in [2.24, 2.45) is 11.3 Å². The van der Waals surface area contributed by atoms with E-state index in [1.54, 1.807) is 0 Å². The van der Waals surface area contributed by atoms with Gasteiger partial charge in [0.25, 0.3) is 0 Å². The monoisotopic (exact) mass is 420 g/mol. The summed E-state index contributed by atoms with van der Waals surface area (Å²) >= 11 is 0. The number of carbonyl (C=O) groups excluding carboxylic acids is 1. The lowest BCUT2D eigenvalue weighted by Crippen LogP contribution is -2.54. The highest BCUT2D eigenvalue weighted by Gasteiger charge is 2.45. The molecule has 2 amide bonds. The van der Waals surface area contributed by atoms with Gasteiger partial charge in [-0.25, -0.2) is 14.0 Å².